The molecule has 2 aromatic carbocycles. The van der Waals surface area contributed by atoms with Gasteiger partial charge in [0.2, 0.25) is 0 Å². The molecule has 10 heteroatoms. The minimum atomic E-state index is -0.00448. The Bertz CT molecular complexity index is 882. The van der Waals surface area contributed by atoms with Crippen molar-refractivity contribution in [1.29, 1.82) is 5.26 Å². The Morgan fingerprint density at radius 3 is 2.36 bits per heavy atom. The lowest BCUT2D eigenvalue weighted by Gasteiger charge is -2.19. The van der Waals surface area contributed by atoms with E-state index in [9.17, 15) is 0 Å². The molecular weight excluding hydrogens is 382 g/mol. The molecule has 1 unspecified atom stereocenters. The normalized spacial score (nSPS) is 11.6. The smallest absolute Gasteiger partial charge is 0.260 e. The zero-order valence-electron chi connectivity index (χ0n) is 14.7. The second-order valence-electron chi connectivity index (χ2n) is 5.58. The van der Waals surface area contributed by atoms with Crippen molar-refractivity contribution in [3.63, 3.8) is 0 Å². The summed E-state index contributed by atoms with van der Waals surface area (Å²) in [6, 6.07) is 16.6. The molecule has 144 valence electrons. The van der Waals surface area contributed by atoms with Crippen LogP contribution in [0.5, 0.6) is 11.5 Å². The highest BCUT2D eigenvalue weighted by atomic mass is 32.2. The maximum Gasteiger partial charge on any atom is 0.260 e. The van der Waals surface area contributed by atoms with Gasteiger partial charge in [0.25, 0.3) is 12.3 Å². The minimum absolute atomic E-state index is 0.00448. The Labute approximate surface area is 165 Å². The Morgan fingerprint density at radius 1 is 1.04 bits per heavy atom. The van der Waals surface area contributed by atoms with Gasteiger partial charge in [-0.05, 0) is 42.0 Å². The predicted octanol–water partition coefficient (Wildman–Crippen LogP) is 2.97. The summed E-state index contributed by atoms with van der Waals surface area (Å²) in [5.74, 6) is 5.99. The number of nitrogens with zero attached hydrogens (tertiary/aromatic N) is 4. The zero-order valence-corrected chi connectivity index (χ0v) is 15.5. The molecule has 0 spiro atoms. The third-order valence-corrected chi connectivity index (χ3v) is 4.30. The van der Waals surface area contributed by atoms with E-state index in [-0.39, 0.29) is 6.04 Å². The van der Waals surface area contributed by atoms with Gasteiger partial charge in [-0.3, -0.25) is 0 Å². The van der Waals surface area contributed by atoms with E-state index in [2.05, 4.69) is 25.6 Å². The summed E-state index contributed by atoms with van der Waals surface area (Å²) in [4.78, 5) is 3.93. The Balaban J connectivity index is 1.59. The lowest BCUT2D eigenvalue weighted by Crippen LogP contribution is -2.13. The van der Waals surface area contributed by atoms with Crippen LogP contribution in [0.3, 0.4) is 0 Å². The summed E-state index contributed by atoms with van der Waals surface area (Å²) < 4.78 is 17.3. The second kappa shape index (κ2) is 10.3. The maximum atomic E-state index is 8.97. The van der Waals surface area contributed by atoms with Crippen molar-refractivity contribution < 1.29 is 18.2 Å². The van der Waals surface area contributed by atoms with E-state index < -0.39 is 0 Å². The van der Waals surface area contributed by atoms with Crippen LogP contribution in [-0.4, -0.2) is 21.4 Å². The topological polar surface area (TPSA) is 117 Å². The average Bonchev–Trinajstić information content (AvgIpc) is 3.27. The molecular formula is C18H17N5O4S. The van der Waals surface area contributed by atoms with Crippen molar-refractivity contribution in [2.45, 2.75) is 12.5 Å². The third-order valence-electron chi connectivity index (χ3n) is 3.90. The van der Waals surface area contributed by atoms with Crippen LogP contribution in [-0.2, 0) is 9.32 Å². The van der Waals surface area contributed by atoms with Crippen LogP contribution in [0.15, 0.2) is 61.2 Å². The summed E-state index contributed by atoms with van der Waals surface area (Å²) in [5, 5.41) is 16.7. The maximum absolute atomic E-state index is 8.97. The molecule has 0 bridgehead atoms. The fourth-order valence-corrected chi connectivity index (χ4v) is 2.84. The van der Waals surface area contributed by atoms with Gasteiger partial charge in [0.05, 0.1) is 24.3 Å². The number of benzene rings is 2. The van der Waals surface area contributed by atoms with Crippen LogP contribution in [0.1, 0.15) is 23.6 Å². The van der Waals surface area contributed by atoms with Crippen molar-refractivity contribution in [1.82, 2.24) is 14.8 Å². The SMILES string of the molecule is N#Cc1ccc(C(CCOc2ccc(OSOON)cc2)n2cnnc2)cc1. The quantitative estimate of drug-likeness (QED) is 0.237. The zero-order chi connectivity index (χ0) is 19.6. The number of rotatable bonds is 10. The van der Waals surface area contributed by atoms with Gasteiger partial charge >= 0.3 is 0 Å². The van der Waals surface area contributed by atoms with Crippen LogP contribution < -0.4 is 14.8 Å². The second-order valence-corrected chi connectivity index (χ2v) is 6.02. The van der Waals surface area contributed by atoms with Gasteiger partial charge in [-0.1, -0.05) is 12.1 Å². The third kappa shape index (κ3) is 5.45. The van der Waals surface area contributed by atoms with Crippen LogP contribution in [0.4, 0.5) is 0 Å². The highest BCUT2D eigenvalue weighted by Gasteiger charge is 2.14. The van der Waals surface area contributed by atoms with Crippen molar-refractivity contribution >= 4 is 12.3 Å². The van der Waals surface area contributed by atoms with Gasteiger partial charge in [0.1, 0.15) is 24.2 Å². The van der Waals surface area contributed by atoms with Gasteiger partial charge in [-0.2, -0.15) is 11.2 Å². The van der Waals surface area contributed by atoms with Crippen molar-refractivity contribution in [3.05, 3.63) is 72.3 Å². The molecule has 3 aromatic rings. The number of aromatic nitrogens is 3. The molecule has 2 N–H and O–H groups in total. The van der Waals surface area contributed by atoms with Crippen molar-refractivity contribution in [3.8, 4) is 17.6 Å². The van der Waals surface area contributed by atoms with Crippen LogP contribution in [0, 0.1) is 11.3 Å². The van der Waals surface area contributed by atoms with E-state index in [1.165, 1.54) is 0 Å². The minimum Gasteiger partial charge on any atom is -0.494 e. The summed E-state index contributed by atoms with van der Waals surface area (Å²) in [6.45, 7) is 0.474. The highest BCUT2D eigenvalue weighted by molar-refractivity contribution is 7.90. The first-order valence-corrected chi connectivity index (χ1v) is 8.90. The highest BCUT2D eigenvalue weighted by Crippen LogP contribution is 2.24. The predicted molar refractivity (Wildman–Crippen MR) is 100 cm³/mol. The van der Waals surface area contributed by atoms with Gasteiger partial charge in [-0.15, -0.1) is 19.5 Å². The average molecular weight is 399 g/mol. The van der Waals surface area contributed by atoms with Gasteiger partial charge in [0, 0.05) is 6.42 Å². The number of hydrogen-bond donors (Lipinski definition) is 1. The largest absolute Gasteiger partial charge is 0.494 e. The molecule has 0 radical (unpaired) electrons. The monoisotopic (exact) mass is 399 g/mol. The number of nitrogens with two attached hydrogens (primary N) is 1. The molecule has 0 aliphatic carbocycles. The standard InChI is InChI=1S/C18H17N5O4S/c19-11-14-1-3-15(4-2-14)18(23-12-21-22-13-23)9-10-24-16-5-7-17(8-6-16)25-28-27-26-20/h1-8,12-13,18H,9-10,20H2. The van der Waals surface area contributed by atoms with Crippen molar-refractivity contribution in [2.75, 3.05) is 6.61 Å². The summed E-state index contributed by atoms with van der Waals surface area (Å²) in [5.41, 5.74) is 1.66. The van der Waals surface area contributed by atoms with Gasteiger partial charge in [0.15, 0.2) is 0 Å². The molecule has 1 heterocycles. The lowest BCUT2D eigenvalue weighted by molar-refractivity contribution is -0.199. The van der Waals surface area contributed by atoms with Crippen LogP contribution >= 0.6 is 12.3 Å². The summed E-state index contributed by atoms with van der Waals surface area (Å²) in [6.07, 6.45) is 4.03. The lowest BCUT2D eigenvalue weighted by atomic mass is 10.0. The molecule has 3 rings (SSSR count). The molecule has 9 nitrogen and oxygen atoms in total. The molecule has 0 saturated carbocycles. The molecule has 28 heavy (non-hydrogen) atoms. The number of hydrogen-bond acceptors (Lipinski definition) is 9. The first-order chi connectivity index (χ1) is 13.8. The fourth-order valence-electron chi connectivity index (χ4n) is 2.59. The van der Waals surface area contributed by atoms with E-state index >= 15 is 0 Å². The molecule has 0 fully saturated rings. The first kappa shape index (κ1) is 19.7. The Hall–Kier alpha value is -3.10. The molecule has 0 aliphatic heterocycles. The van der Waals surface area contributed by atoms with Crippen LogP contribution in [0.2, 0.25) is 0 Å². The van der Waals surface area contributed by atoms with E-state index in [0.717, 1.165) is 5.56 Å². The van der Waals surface area contributed by atoms with E-state index in [0.29, 0.717) is 42.4 Å². The number of nitriles is 1. The molecule has 0 amide bonds. The van der Waals surface area contributed by atoms with Gasteiger partial charge < -0.3 is 13.5 Å². The summed E-state index contributed by atoms with van der Waals surface area (Å²) in [7, 11) is 0. The van der Waals surface area contributed by atoms with Crippen LogP contribution in [0.25, 0.3) is 0 Å². The van der Waals surface area contributed by atoms with E-state index in [4.69, 9.17) is 20.1 Å². The molecule has 1 atom stereocenters. The fraction of sp³-hybridized carbons (Fsp3) is 0.167. The molecule has 0 saturated heterocycles. The van der Waals surface area contributed by atoms with Gasteiger partial charge in [-0.25, -0.2) is 0 Å². The Morgan fingerprint density at radius 2 is 1.71 bits per heavy atom. The van der Waals surface area contributed by atoms with E-state index in [1.54, 1.807) is 49.1 Å². The Kier molecular flexibility index (Phi) is 7.22. The van der Waals surface area contributed by atoms with E-state index in [1.807, 2.05) is 16.7 Å². The first-order valence-electron chi connectivity index (χ1n) is 8.24. The molecule has 0 aliphatic rings. The summed E-state index contributed by atoms with van der Waals surface area (Å²) >= 11 is 0.610. The number of ether oxygens (including phenoxy) is 1. The van der Waals surface area contributed by atoms with Crippen molar-refractivity contribution in [2.24, 2.45) is 5.90 Å². The molecule has 1 aromatic heterocycles.